The van der Waals surface area contributed by atoms with Crippen molar-refractivity contribution in [3.63, 3.8) is 0 Å². The number of nitrogens with zero attached hydrogens (tertiary/aromatic N) is 4. The summed E-state index contributed by atoms with van der Waals surface area (Å²) in [5, 5.41) is 0. The van der Waals surface area contributed by atoms with Crippen LogP contribution in [0, 0.1) is 12.8 Å². The zero-order valence-electron chi connectivity index (χ0n) is 14.1. The lowest BCUT2D eigenvalue weighted by molar-refractivity contribution is 0.0326. The van der Waals surface area contributed by atoms with Crippen LogP contribution in [-0.4, -0.2) is 45.9 Å². The number of carbonyl (C=O) groups excluding carboxylic acids is 1. The maximum Gasteiger partial charge on any atom is 0.271 e. The van der Waals surface area contributed by atoms with E-state index in [1.165, 1.54) is 11.3 Å². The van der Waals surface area contributed by atoms with Crippen LogP contribution in [-0.2, 0) is 0 Å². The number of fused-ring (bicyclic) bond motifs is 3. The zero-order chi connectivity index (χ0) is 16.7. The summed E-state index contributed by atoms with van der Waals surface area (Å²) in [5.74, 6) is 1.34. The Balaban J connectivity index is 1.77. The standard InChI is InChI=1S/C18H22N4OS/c1-12-17(24-11-20-12)18(23)22(15-5-3-4-8-19-15)16-13(2)21-9-6-14(16)7-10-21/h3-5,8,11,13-14,16H,6-7,9-10H2,1-2H3/t13-,16-/m0/s1. The van der Waals surface area contributed by atoms with Gasteiger partial charge in [-0.3, -0.25) is 14.6 Å². The summed E-state index contributed by atoms with van der Waals surface area (Å²) in [4.78, 5) is 27.3. The van der Waals surface area contributed by atoms with Gasteiger partial charge < -0.3 is 0 Å². The van der Waals surface area contributed by atoms with Gasteiger partial charge in [0, 0.05) is 12.2 Å². The molecule has 2 atom stereocenters. The van der Waals surface area contributed by atoms with Crippen LogP contribution in [0.2, 0.25) is 0 Å². The summed E-state index contributed by atoms with van der Waals surface area (Å²) < 4.78 is 0. The number of carbonyl (C=O) groups is 1. The molecule has 3 aliphatic rings. The quantitative estimate of drug-likeness (QED) is 0.860. The number of aromatic nitrogens is 2. The Bertz CT molecular complexity index is 722. The van der Waals surface area contributed by atoms with Crippen LogP contribution >= 0.6 is 11.3 Å². The van der Waals surface area contributed by atoms with Crippen LogP contribution in [0.15, 0.2) is 29.9 Å². The molecule has 0 aliphatic carbocycles. The van der Waals surface area contributed by atoms with Gasteiger partial charge in [-0.05, 0) is 57.8 Å². The molecule has 1 amide bonds. The van der Waals surface area contributed by atoms with Crippen molar-refractivity contribution in [2.45, 2.75) is 38.8 Å². The van der Waals surface area contributed by atoms with Gasteiger partial charge in [-0.15, -0.1) is 11.3 Å². The van der Waals surface area contributed by atoms with Gasteiger partial charge in [0.2, 0.25) is 0 Å². The van der Waals surface area contributed by atoms with E-state index in [9.17, 15) is 4.79 Å². The molecule has 5 nitrogen and oxygen atoms in total. The highest BCUT2D eigenvalue weighted by Crippen LogP contribution is 2.38. The van der Waals surface area contributed by atoms with Crippen LogP contribution in [0.1, 0.15) is 35.1 Å². The van der Waals surface area contributed by atoms with E-state index >= 15 is 0 Å². The van der Waals surface area contributed by atoms with Gasteiger partial charge in [0.25, 0.3) is 5.91 Å². The summed E-state index contributed by atoms with van der Waals surface area (Å²) in [6.45, 7) is 6.44. The Morgan fingerprint density at radius 3 is 2.67 bits per heavy atom. The molecule has 0 N–H and O–H groups in total. The van der Waals surface area contributed by atoms with E-state index in [1.807, 2.05) is 30.0 Å². The van der Waals surface area contributed by atoms with Crippen molar-refractivity contribution in [1.82, 2.24) is 14.9 Å². The average Bonchev–Trinajstić information content (AvgIpc) is 3.05. The minimum absolute atomic E-state index is 0.0410. The third-order valence-electron chi connectivity index (χ3n) is 5.48. The molecular formula is C18H22N4OS. The summed E-state index contributed by atoms with van der Waals surface area (Å²) in [5.41, 5.74) is 2.55. The summed E-state index contributed by atoms with van der Waals surface area (Å²) in [6, 6.07) is 6.32. The normalized spacial score (nSPS) is 28.8. The van der Waals surface area contributed by atoms with Crippen molar-refractivity contribution < 1.29 is 4.79 Å². The SMILES string of the molecule is Cc1ncsc1C(=O)N(c1ccccn1)[C@@H]1C2CCN(CC2)[C@H]1C. The summed E-state index contributed by atoms with van der Waals surface area (Å²) in [7, 11) is 0. The molecule has 0 aromatic carbocycles. The van der Waals surface area contributed by atoms with Crippen molar-refractivity contribution in [2.75, 3.05) is 18.0 Å². The molecule has 5 rings (SSSR count). The zero-order valence-corrected chi connectivity index (χ0v) is 14.9. The molecule has 2 bridgehead atoms. The molecule has 2 aromatic rings. The fourth-order valence-electron chi connectivity index (χ4n) is 4.21. The third-order valence-corrected chi connectivity index (χ3v) is 6.40. The summed E-state index contributed by atoms with van der Waals surface area (Å²) >= 11 is 1.42. The number of aryl methyl sites for hydroxylation is 1. The van der Waals surface area contributed by atoms with E-state index in [2.05, 4.69) is 21.8 Å². The lowest BCUT2D eigenvalue weighted by Crippen LogP contribution is -2.64. The van der Waals surface area contributed by atoms with Crippen LogP contribution in [0.25, 0.3) is 0 Å². The van der Waals surface area contributed by atoms with Crippen molar-refractivity contribution in [1.29, 1.82) is 0 Å². The Hall–Kier alpha value is -1.79. The van der Waals surface area contributed by atoms with Crippen LogP contribution in [0.4, 0.5) is 5.82 Å². The number of thiazole rings is 1. The molecule has 6 heteroatoms. The maximum absolute atomic E-state index is 13.4. The second-order valence-corrected chi connectivity index (χ2v) is 7.59. The lowest BCUT2D eigenvalue weighted by Gasteiger charge is -2.53. The maximum atomic E-state index is 13.4. The Morgan fingerprint density at radius 2 is 2.08 bits per heavy atom. The molecule has 0 unspecified atom stereocenters. The van der Waals surface area contributed by atoms with Crippen LogP contribution in [0.3, 0.4) is 0 Å². The topological polar surface area (TPSA) is 49.3 Å². The number of hydrogen-bond acceptors (Lipinski definition) is 5. The fourth-order valence-corrected chi connectivity index (χ4v) is 4.95. The monoisotopic (exact) mass is 342 g/mol. The summed E-state index contributed by atoms with van der Waals surface area (Å²) in [6.07, 6.45) is 4.09. The molecule has 0 saturated carbocycles. The minimum Gasteiger partial charge on any atom is -0.299 e. The van der Waals surface area contributed by atoms with Gasteiger partial charge in [0.1, 0.15) is 10.7 Å². The van der Waals surface area contributed by atoms with Crippen LogP contribution < -0.4 is 4.90 Å². The predicted molar refractivity (Wildman–Crippen MR) is 95.4 cm³/mol. The van der Waals surface area contributed by atoms with Gasteiger partial charge in [-0.1, -0.05) is 6.07 Å². The number of pyridine rings is 1. The molecule has 5 heterocycles. The van der Waals surface area contributed by atoms with Crippen molar-refractivity contribution >= 4 is 23.1 Å². The van der Waals surface area contributed by atoms with Crippen LogP contribution in [0.5, 0.6) is 0 Å². The number of hydrogen-bond donors (Lipinski definition) is 0. The highest BCUT2D eigenvalue weighted by molar-refractivity contribution is 7.12. The number of rotatable bonds is 3. The molecule has 0 radical (unpaired) electrons. The van der Waals surface area contributed by atoms with Crippen molar-refractivity contribution in [3.05, 3.63) is 40.5 Å². The Kier molecular flexibility index (Phi) is 4.10. The molecule has 24 heavy (non-hydrogen) atoms. The fraction of sp³-hybridized carbons (Fsp3) is 0.500. The number of piperidine rings is 3. The first-order chi connectivity index (χ1) is 11.7. The molecule has 3 saturated heterocycles. The van der Waals surface area contributed by atoms with E-state index in [0.29, 0.717) is 12.0 Å². The molecule has 3 aliphatic heterocycles. The van der Waals surface area contributed by atoms with E-state index < -0.39 is 0 Å². The van der Waals surface area contributed by atoms with Crippen molar-refractivity contribution in [3.8, 4) is 0 Å². The minimum atomic E-state index is 0.0410. The highest BCUT2D eigenvalue weighted by atomic mass is 32.1. The first kappa shape index (κ1) is 15.7. The Morgan fingerprint density at radius 1 is 1.29 bits per heavy atom. The highest BCUT2D eigenvalue weighted by Gasteiger charge is 2.45. The van der Waals surface area contributed by atoms with Gasteiger partial charge in [-0.2, -0.15) is 0 Å². The molecular weight excluding hydrogens is 320 g/mol. The number of anilines is 1. The second-order valence-electron chi connectivity index (χ2n) is 6.73. The number of amides is 1. The molecule has 3 fully saturated rings. The first-order valence-corrected chi connectivity index (χ1v) is 9.43. The largest absolute Gasteiger partial charge is 0.299 e. The van der Waals surface area contributed by atoms with Gasteiger partial charge >= 0.3 is 0 Å². The van der Waals surface area contributed by atoms with Gasteiger partial charge in [0.05, 0.1) is 17.2 Å². The molecule has 0 spiro atoms. The second kappa shape index (κ2) is 6.26. The molecule has 2 aromatic heterocycles. The van der Waals surface area contributed by atoms with E-state index in [1.54, 1.807) is 11.7 Å². The smallest absolute Gasteiger partial charge is 0.271 e. The van der Waals surface area contributed by atoms with E-state index in [4.69, 9.17) is 0 Å². The van der Waals surface area contributed by atoms with Gasteiger partial charge in [0.15, 0.2) is 0 Å². The average molecular weight is 342 g/mol. The predicted octanol–water partition coefficient (Wildman–Crippen LogP) is 2.98. The first-order valence-electron chi connectivity index (χ1n) is 8.55. The van der Waals surface area contributed by atoms with E-state index in [-0.39, 0.29) is 11.9 Å². The van der Waals surface area contributed by atoms with Gasteiger partial charge in [-0.25, -0.2) is 9.97 Å². The molecule has 126 valence electrons. The van der Waals surface area contributed by atoms with E-state index in [0.717, 1.165) is 42.3 Å². The lowest BCUT2D eigenvalue weighted by atomic mass is 9.78. The Labute approximate surface area is 146 Å². The third kappa shape index (κ3) is 2.54. The van der Waals surface area contributed by atoms with Crippen molar-refractivity contribution in [2.24, 2.45) is 5.92 Å².